The lowest BCUT2D eigenvalue weighted by molar-refractivity contribution is -0.129. The number of nitrogens with two attached hydrogens (primary N) is 1. The fourth-order valence-electron chi connectivity index (χ4n) is 4.15. The number of benzene rings is 1. The number of halogens is 2. The molecule has 0 spiro atoms. The highest BCUT2D eigenvalue weighted by Crippen LogP contribution is 2.39. The second-order valence-corrected chi connectivity index (χ2v) is 9.14. The summed E-state index contributed by atoms with van der Waals surface area (Å²) in [6, 6.07) is 4.38. The number of nitrogens with zero attached hydrogens (tertiary/aromatic N) is 4. The van der Waals surface area contributed by atoms with Crippen LogP contribution in [-0.2, 0) is 4.79 Å². The Kier molecular flexibility index (Phi) is 5.69. The van der Waals surface area contributed by atoms with Gasteiger partial charge in [-0.3, -0.25) is 4.79 Å². The molecule has 3 aromatic rings. The van der Waals surface area contributed by atoms with Gasteiger partial charge in [-0.2, -0.15) is 10.1 Å². The number of hydrogen-bond acceptors (Lipinski definition) is 6. The summed E-state index contributed by atoms with van der Waals surface area (Å²) >= 11 is 3.44. The van der Waals surface area contributed by atoms with Crippen LogP contribution in [0.25, 0.3) is 16.7 Å². The van der Waals surface area contributed by atoms with Gasteiger partial charge in [-0.25, -0.2) is 14.1 Å². The lowest BCUT2D eigenvalue weighted by atomic mass is 9.87. The van der Waals surface area contributed by atoms with Crippen molar-refractivity contribution in [3.8, 4) is 5.69 Å². The average molecular weight is 490 g/mol. The number of aromatic nitrogens is 4. The summed E-state index contributed by atoms with van der Waals surface area (Å²) in [5.41, 5.74) is 7.28. The molecule has 3 atom stereocenters. The van der Waals surface area contributed by atoms with Gasteiger partial charge in [0.1, 0.15) is 10.4 Å². The first kappa shape index (κ1) is 21.6. The Morgan fingerprint density at radius 3 is 2.90 bits per heavy atom. The van der Waals surface area contributed by atoms with Gasteiger partial charge in [-0.05, 0) is 65.9 Å². The molecular formula is C21H25BrFN7O. The summed E-state index contributed by atoms with van der Waals surface area (Å²) in [7, 11) is 1.66. The molecule has 31 heavy (non-hydrogen) atoms. The fourth-order valence-corrected chi connectivity index (χ4v) is 4.59. The number of hydrogen-bond donors (Lipinski definition) is 3. The van der Waals surface area contributed by atoms with Crippen molar-refractivity contribution in [2.24, 2.45) is 11.1 Å². The number of carbonyl (C=O) groups is 1. The molecule has 1 amide bonds. The zero-order valence-electron chi connectivity index (χ0n) is 17.6. The molecule has 1 aliphatic carbocycles. The summed E-state index contributed by atoms with van der Waals surface area (Å²) in [4.78, 5) is 21.3. The predicted molar refractivity (Wildman–Crippen MR) is 120 cm³/mol. The molecule has 10 heteroatoms. The molecule has 4 rings (SSSR count). The minimum Gasteiger partial charge on any atom is -0.359 e. The van der Waals surface area contributed by atoms with Crippen LogP contribution in [0.5, 0.6) is 0 Å². The average Bonchev–Trinajstić information content (AvgIpc) is 3.27. The third kappa shape index (κ3) is 4.14. The van der Waals surface area contributed by atoms with Gasteiger partial charge in [0, 0.05) is 30.7 Å². The van der Waals surface area contributed by atoms with Crippen LogP contribution in [0.2, 0.25) is 0 Å². The minimum atomic E-state index is -0.405. The Bertz CT molecular complexity index is 1150. The molecule has 1 fully saturated rings. The van der Waals surface area contributed by atoms with Gasteiger partial charge in [0.2, 0.25) is 11.9 Å². The number of fused-ring (bicyclic) bond motifs is 1. The van der Waals surface area contributed by atoms with Gasteiger partial charge in [0.15, 0.2) is 5.65 Å². The maximum absolute atomic E-state index is 14.2. The fraction of sp³-hybridized carbons (Fsp3) is 0.429. The summed E-state index contributed by atoms with van der Waals surface area (Å²) < 4.78 is 16.3. The van der Waals surface area contributed by atoms with Crippen LogP contribution in [0.3, 0.4) is 0 Å². The van der Waals surface area contributed by atoms with Crippen molar-refractivity contribution in [3.05, 3.63) is 40.4 Å². The van der Waals surface area contributed by atoms with E-state index in [1.54, 1.807) is 30.9 Å². The predicted octanol–water partition coefficient (Wildman–Crippen LogP) is 3.45. The maximum atomic E-state index is 14.2. The van der Waals surface area contributed by atoms with E-state index in [1.165, 1.54) is 12.1 Å². The number of nitrogens with one attached hydrogen (secondary N) is 2. The molecule has 1 saturated carbocycles. The number of anilines is 1. The van der Waals surface area contributed by atoms with E-state index in [-0.39, 0.29) is 18.0 Å². The van der Waals surface area contributed by atoms with E-state index in [2.05, 4.69) is 41.6 Å². The largest absolute Gasteiger partial charge is 0.359 e. The van der Waals surface area contributed by atoms with Crippen molar-refractivity contribution in [2.45, 2.75) is 45.2 Å². The molecule has 0 radical (unpaired) electrons. The highest BCUT2D eigenvalue weighted by molar-refractivity contribution is 9.10. The van der Waals surface area contributed by atoms with Crippen molar-refractivity contribution < 1.29 is 9.18 Å². The van der Waals surface area contributed by atoms with E-state index >= 15 is 0 Å². The highest BCUT2D eigenvalue weighted by Gasteiger charge is 2.40. The van der Waals surface area contributed by atoms with Gasteiger partial charge in [-0.1, -0.05) is 6.92 Å². The van der Waals surface area contributed by atoms with E-state index < -0.39 is 11.2 Å². The smallest absolute Gasteiger partial charge is 0.225 e. The number of carbonyl (C=O) groups excluding carboxylic acids is 1. The van der Waals surface area contributed by atoms with E-state index in [4.69, 9.17) is 5.73 Å². The first-order valence-corrected chi connectivity index (χ1v) is 11.0. The number of rotatable bonds is 5. The summed E-state index contributed by atoms with van der Waals surface area (Å²) in [6.45, 7) is 3.78. The van der Waals surface area contributed by atoms with Crippen molar-refractivity contribution in [1.29, 1.82) is 0 Å². The summed E-state index contributed by atoms with van der Waals surface area (Å²) in [5.74, 6) is 0.0961. The molecule has 0 saturated heterocycles. The van der Waals surface area contributed by atoms with Crippen LogP contribution in [0, 0.1) is 11.2 Å². The minimum absolute atomic E-state index is 0.0474. The Labute approximate surface area is 187 Å². The summed E-state index contributed by atoms with van der Waals surface area (Å²) in [6.07, 6.45) is 4.00. The number of amides is 1. The molecule has 2 heterocycles. The van der Waals surface area contributed by atoms with Crippen molar-refractivity contribution in [1.82, 2.24) is 25.1 Å². The zero-order chi connectivity index (χ0) is 22.3. The van der Waals surface area contributed by atoms with Crippen LogP contribution in [0.1, 0.15) is 44.7 Å². The monoisotopic (exact) mass is 489 g/mol. The van der Waals surface area contributed by atoms with E-state index in [1.807, 2.05) is 6.92 Å². The van der Waals surface area contributed by atoms with E-state index in [0.717, 1.165) is 12.8 Å². The lowest BCUT2D eigenvalue weighted by Gasteiger charge is -2.22. The third-order valence-corrected chi connectivity index (χ3v) is 6.49. The van der Waals surface area contributed by atoms with Crippen LogP contribution in [0.4, 0.5) is 10.3 Å². The zero-order valence-corrected chi connectivity index (χ0v) is 19.2. The standard InChI is InChI=1S/C21H25BrFN7O/c1-11(24)12-6-13(23)8-15(7-12)30-18-16(17(22)29-30)10-26-20(28-18)27-14-4-5-21(2,9-14)19(31)25-3/h6-8,10-11,14H,4-5,9,24H2,1-3H3,(H,25,31)(H,26,27,28)/t11?,14-,21-/m1/s1. The van der Waals surface area contributed by atoms with Crippen LogP contribution in [0.15, 0.2) is 29.0 Å². The molecule has 0 aliphatic heterocycles. The molecule has 2 aromatic heterocycles. The molecule has 0 bridgehead atoms. The second-order valence-electron chi connectivity index (χ2n) is 8.39. The molecule has 164 valence electrons. The highest BCUT2D eigenvalue weighted by atomic mass is 79.9. The summed E-state index contributed by atoms with van der Waals surface area (Å²) in [5, 5.41) is 11.3. The molecule has 4 N–H and O–H groups in total. The Hall–Kier alpha value is -2.59. The van der Waals surface area contributed by atoms with E-state index in [0.29, 0.717) is 39.3 Å². The molecule has 1 aliphatic rings. The van der Waals surface area contributed by atoms with Gasteiger partial charge >= 0.3 is 0 Å². The first-order valence-electron chi connectivity index (χ1n) is 10.2. The van der Waals surface area contributed by atoms with Crippen molar-refractivity contribution in [2.75, 3.05) is 12.4 Å². The normalized spacial score (nSPS) is 21.9. The first-order chi connectivity index (χ1) is 14.7. The van der Waals surface area contributed by atoms with Crippen molar-refractivity contribution >= 4 is 38.8 Å². The Balaban J connectivity index is 1.67. The third-order valence-electron chi connectivity index (χ3n) is 5.90. The quantitative estimate of drug-likeness (QED) is 0.506. The Morgan fingerprint density at radius 1 is 1.42 bits per heavy atom. The van der Waals surface area contributed by atoms with Crippen LogP contribution in [-0.4, -0.2) is 38.7 Å². The topological polar surface area (TPSA) is 111 Å². The lowest BCUT2D eigenvalue weighted by Crippen LogP contribution is -2.35. The Morgan fingerprint density at radius 2 is 2.19 bits per heavy atom. The van der Waals surface area contributed by atoms with Gasteiger partial charge < -0.3 is 16.4 Å². The van der Waals surface area contributed by atoms with Crippen molar-refractivity contribution in [3.63, 3.8) is 0 Å². The molecule has 8 nitrogen and oxygen atoms in total. The SMILES string of the molecule is CNC(=O)[C@]1(C)CC[C@@H](Nc2ncc3c(Br)nn(-c4cc(F)cc(C(C)N)c4)c3n2)C1. The second kappa shape index (κ2) is 8.16. The van der Waals surface area contributed by atoms with E-state index in [9.17, 15) is 9.18 Å². The van der Waals surface area contributed by atoms with Crippen LogP contribution < -0.4 is 16.4 Å². The van der Waals surface area contributed by atoms with Gasteiger partial charge in [0.05, 0.1) is 11.1 Å². The maximum Gasteiger partial charge on any atom is 0.225 e. The van der Waals surface area contributed by atoms with Gasteiger partial charge in [-0.15, -0.1) is 0 Å². The van der Waals surface area contributed by atoms with Crippen LogP contribution >= 0.6 is 15.9 Å². The molecule has 1 unspecified atom stereocenters. The van der Waals surface area contributed by atoms with Gasteiger partial charge in [0.25, 0.3) is 0 Å². The molecular weight excluding hydrogens is 465 g/mol. The molecule has 1 aromatic carbocycles.